The van der Waals surface area contributed by atoms with E-state index in [0.717, 1.165) is 16.3 Å². The Kier molecular flexibility index (Phi) is 4.34. The molecule has 23 heavy (non-hydrogen) atoms. The topological polar surface area (TPSA) is 62.2 Å². The van der Waals surface area contributed by atoms with E-state index in [1.807, 2.05) is 5.38 Å². The Balaban J connectivity index is 1.65. The molecule has 1 amide bonds. The van der Waals surface area contributed by atoms with Gasteiger partial charge in [-0.2, -0.15) is 0 Å². The largest absolute Gasteiger partial charge is 0.508 e. The number of benzene rings is 2. The van der Waals surface area contributed by atoms with Gasteiger partial charge in [-0.3, -0.25) is 4.79 Å². The predicted molar refractivity (Wildman–Crippen MR) is 86.8 cm³/mol. The molecular weight excluding hydrogens is 315 g/mol. The summed E-state index contributed by atoms with van der Waals surface area (Å²) in [5.41, 5.74) is 1.95. The quantitative estimate of drug-likeness (QED) is 0.769. The highest BCUT2D eigenvalue weighted by Gasteiger charge is 2.09. The molecule has 0 aliphatic carbocycles. The lowest BCUT2D eigenvalue weighted by molar-refractivity contribution is 0.0950. The molecule has 0 radical (unpaired) electrons. The van der Waals surface area contributed by atoms with Gasteiger partial charge >= 0.3 is 0 Å². The van der Waals surface area contributed by atoms with Crippen LogP contribution in [-0.2, 0) is 6.54 Å². The number of nitrogens with zero attached hydrogens (tertiary/aromatic N) is 1. The molecule has 1 aromatic heterocycles. The number of aromatic nitrogens is 1. The summed E-state index contributed by atoms with van der Waals surface area (Å²) in [5, 5.41) is 14.6. The minimum absolute atomic E-state index is 0.201. The number of hydrogen-bond donors (Lipinski definition) is 2. The molecule has 3 aromatic rings. The van der Waals surface area contributed by atoms with Crippen molar-refractivity contribution in [3.8, 4) is 17.0 Å². The number of halogens is 1. The average molecular weight is 328 g/mol. The van der Waals surface area contributed by atoms with Crippen molar-refractivity contribution in [3.63, 3.8) is 0 Å². The first-order valence-corrected chi connectivity index (χ1v) is 7.77. The molecule has 0 fully saturated rings. The van der Waals surface area contributed by atoms with Gasteiger partial charge in [0.15, 0.2) is 0 Å². The van der Waals surface area contributed by atoms with Crippen LogP contribution >= 0.6 is 11.3 Å². The van der Waals surface area contributed by atoms with E-state index in [1.165, 1.54) is 29.5 Å². The van der Waals surface area contributed by atoms with Crippen molar-refractivity contribution in [2.24, 2.45) is 0 Å². The predicted octanol–water partition coefficient (Wildman–Crippen LogP) is 3.58. The molecule has 0 aliphatic rings. The Labute approximate surface area is 136 Å². The third-order valence-corrected chi connectivity index (χ3v) is 4.05. The Bertz CT molecular complexity index is 831. The first-order valence-electron chi connectivity index (χ1n) is 6.89. The van der Waals surface area contributed by atoms with Crippen LogP contribution in [-0.4, -0.2) is 16.0 Å². The van der Waals surface area contributed by atoms with Gasteiger partial charge in [-0.25, -0.2) is 9.37 Å². The zero-order valence-electron chi connectivity index (χ0n) is 12.0. The number of amides is 1. The summed E-state index contributed by atoms with van der Waals surface area (Å²) >= 11 is 1.43. The minimum atomic E-state index is -0.443. The van der Waals surface area contributed by atoms with Crippen LogP contribution in [0.2, 0.25) is 0 Å². The lowest BCUT2D eigenvalue weighted by Gasteiger charge is -2.03. The molecule has 0 saturated heterocycles. The highest BCUT2D eigenvalue weighted by Crippen LogP contribution is 2.23. The van der Waals surface area contributed by atoms with Crippen molar-refractivity contribution in [1.82, 2.24) is 10.3 Å². The van der Waals surface area contributed by atoms with Crippen LogP contribution in [0.25, 0.3) is 11.3 Å². The van der Waals surface area contributed by atoms with E-state index in [1.54, 1.807) is 30.3 Å². The Morgan fingerprint density at radius 2 is 2.00 bits per heavy atom. The highest BCUT2D eigenvalue weighted by atomic mass is 32.1. The molecule has 0 bridgehead atoms. The molecule has 0 unspecified atom stereocenters. The van der Waals surface area contributed by atoms with E-state index in [0.29, 0.717) is 0 Å². The van der Waals surface area contributed by atoms with E-state index in [-0.39, 0.29) is 23.8 Å². The molecule has 0 atom stereocenters. The van der Waals surface area contributed by atoms with Crippen molar-refractivity contribution < 1.29 is 14.3 Å². The van der Waals surface area contributed by atoms with Crippen LogP contribution in [0.15, 0.2) is 53.9 Å². The number of thiazole rings is 1. The van der Waals surface area contributed by atoms with Crippen molar-refractivity contribution in [2.75, 3.05) is 0 Å². The summed E-state index contributed by atoms with van der Waals surface area (Å²) in [6.07, 6.45) is 0. The van der Waals surface area contributed by atoms with Gasteiger partial charge in [0.05, 0.1) is 12.2 Å². The lowest BCUT2D eigenvalue weighted by atomic mass is 10.2. The Morgan fingerprint density at radius 3 is 2.74 bits per heavy atom. The van der Waals surface area contributed by atoms with Crippen LogP contribution in [0, 0.1) is 5.82 Å². The number of nitrogens with one attached hydrogen (secondary N) is 1. The summed E-state index contributed by atoms with van der Waals surface area (Å²) in [7, 11) is 0. The first kappa shape index (κ1) is 15.2. The molecule has 2 aromatic carbocycles. The third kappa shape index (κ3) is 3.73. The van der Waals surface area contributed by atoms with E-state index >= 15 is 0 Å². The lowest BCUT2D eigenvalue weighted by Crippen LogP contribution is -2.22. The molecule has 0 saturated carbocycles. The first-order chi connectivity index (χ1) is 11.1. The minimum Gasteiger partial charge on any atom is -0.508 e. The normalized spacial score (nSPS) is 10.5. The monoisotopic (exact) mass is 328 g/mol. The van der Waals surface area contributed by atoms with Gasteiger partial charge in [0, 0.05) is 16.5 Å². The summed E-state index contributed by atoms with van der Waals surface area (Å²) < 4.78 is 13.1. The number of phenolic OH excluding ortho intramolecular Hbond substituents is 1. The Morgan fingerprint density at radius 1 is 1.22 bits per heavy atom. The summed E-state index contributed by atoms with van der Waals surface area (Å²) in [5.74, 6) is -0.584. The van der Waals surface area contributed by atoms with Crippen molar-refractivity contribution >= 4 is 17.2 Å². The summed E-state index contributed by atoms with van der Waals surface area (Å²) in [6.45, 7) is 0.276. The third-order valence-electron chi connectivity index (χ3n) is 3.20. The molecule has 3 rings (SSSR count). The van der Waals surface area contributed by atoms with Crippen LogP contribution in [0.5, 0.6) is 5.75 Å². The van der Waals surface area contributed by atoms with Crippen LogP contribution < -0.4 is 5.32 Å². The van der Waals surface area contributed by atoms with E-state index in [2.05, 4.69) is 10.3 Å². The second-order valence-electron chi connectivity index (χ2n) is 4.87. The van der Waals surface area contributed by atoms with Gasteiger partial charge in [0.25, 0.3) is 5.91 Å². The van der Waals surface area contributed by atoms with E-state index in [9.17, 15) is 14.3 Å². The molecule has 4 nitrogen and oxygen atoms in total. The number of hydrogen-bond acceptors (Lipinski definition) is 4. The van der Waals surface area contributed by atoms with Crippen molar-refractivity contribution in [1.29, 1.82) is 0 Å². The second kappa shape index (κ2) is 6.58. The summed E-state index contributed by atoms with van der Waals surface area (Å²) in [4.78, 5) is 16.4. The van der Waals surface area contributed by atoms with Crippen molar-refractivity contribution in [3.05, 3.63) is 70.3 Å². The number of carbonyl (C=O) groups excluding carboxylic acids is 1. The number of phenols is 1. The highest BCUT2D eigenvalue weighted by molar-refractivity contribution is 7.09. The zero-order chi connectivity index (χ0) is 16.2. The Hall–Kier alpha value is -2.73. The van der Waals surface area contributed by atoms with Gasteiger partial charge in [-0.05, 0) is 42.5 Å². The van der Waals surface area contributed by atoms with E-state index < -0.39 is 5.82 Å². The number of aromatic hydroxyl groups is 1. The molecule has 6 heteroatoms. The fraction of sp³-hybridized carbons (Fsp3) is 0.0588. The van der Waals surface area contributed by atoms with Crippen LogP contribution in [0.1, 0.15) is 15.4 Å². The maximum Gasteiger partial charge on any atom is 0.251 e. The zero-order valence-corrected chi connectivity index (χ0v) is 12.8. The van der Waals surface area contributed by atoms with Gasteiger partial charge in [0.1, 0.15) is 16.6 Å². The van der Waals surface area contributed by atoms with Crippen LogP contribution in [0.3, 0.4) is 0 Å². The van der Waals surface area contributed by atoms with E-state index in [4.69, 9.17) is 0 Å². The van der Waals surface area contributed by atoms with Gasteiger partial charge in [-0.1, -0.05) is 6.07 Å². The number of rotatable bonds is 4. The molecule has 0 aliphatic heterocycles. The van der Waals surface area contributed by atoms with Gasteiger partial charge in [-0.15, -0.1) is 11.3 Å². The maximum absolute atomic E-state index is 13.1. The molecule has 2 N–H and O–H groups in total. The number of carbonyl (C=O) groups is 1. The summed E-state index contributed by atoms with van der Waals surface area (Å²) in [6, 6.07) is 12.3. The maximum atomic E-state index is 13.1. The van der Waals surface area contributed by atoms with Crippen LogP contribution in [0.4, 0.5) is 4.39 Å². The standard InChI is InChI=1S/C17H13FN2O2S/c18-13-3-1-2-12(8-13)17(22)19-9-16-20-15(10-23-16)11-4-6-14(21)7-5-11/h1-8,10,21H,9H2,(H,19,22). The van der Waals surface area contributed by atoms with Gasteiger partial charge < -0.3 is 10.4 Å². The second-order valence-corrected chi connectivity index (χ2v) is 5.81. The fourth-order valence-electron chi connectivity index (χ4n) is 2.04. The fourth-order valence-corrected chi connectivity index (χ4v) is 2.79. The smallest absolute Gasteiger partial charge is 0.251 e. The molecular formula is C17H13FN2O2S. The molecule has 1 heterocycles. The van der Waals surface area contributed by atoms with Crippen molar-refractivity contribution in [2.45, 2.75) is 6.54 Å². The molecule has 116 valence electrons. The van der Waals surface area contributed by atoms with Gasteiger partial charge in [0.2, 0.25) is 0 Å². The SMILES string of the molecule is O=C(NCc1nc(-c2ccc(O)cc2)cs1)c1cccc(F)c1. The molecule has 0 spiro atoms. The average Bonchev–Trinajstić information content (AvgIpc) is 3.02.